The molecule has 1 aromatic heterocycles. The molecule has 1 heterocycles. The van der Waals surface area contributed by atoms with E-state index in [-0.39, 0.29) is 11.8 Å². The maximum atomic E-state index is 11.8. The summed E-state index contributed by atoms with van der Waals surface area (Å²) in [4.78, 5) is 15.6. The molecule has 0 unspecified atom stereocenters. The molecule has 0 aliphatic heterocycles. The minimum absolute atomic E-state index is 0.209. The summed E-state index contributed by atoms with van der Waals surface area (Å²) in [5, 5.41) is 0.269. The summed E-state index contributed by atoms with van der Waals surface area (Å²) in [6.07, 6.45) is 1.47. The third kappa shape index (κ3) is 3.31. The molecular weight excluding hydrogens is 318 g/mol. The van der Waals surface area contributed by atoms with Gasteiger partial charge in [0.2, 0.25) is 0 Å². The van der Waals surface area contributed by atoms with E-state index in [4.69, 9.17) is 16.3 Å². The maximum absolute atomic E-state index is 11.8. The second-order valence-corrected chi connectivity index (χ2v) is 4.78. The molecule has 2 rings (SSSR count). The Morgan fingerprint density at radius 2 is 2.11 bits per heavy atom. The van der Waals surface area contributed by atoms with Gasteiger partial charge in [0.1, 0.15) is 11.8 Å². The van der Waals surface area contributed by atoms with Crippen LogP contribution in [0.2, 0.25) is 5.15 Å². The van der Waals surface area contributed by atoms with E-state index < -0.39 is 5.97 Å². The predicted molar refractivity (Wildman–Crippen MR) is 72.5 cm³/mol. The molecule has 5 heteroatoms. The predicted octanol–water partition coefficient (Wildman–Crippen LogP) is 3.85. The van der Waals surface area contributed by atoms with E-state index in [1.165, 1.54) is 12.3 Å². The molecule has 92 valence electrons. The number of carbonyl (C=O) groups excluding carboxylic acids is 1. The first-order valence-electron chi connectivity index (χ1n) is 5.19. The molecule has 3 nitrogen and oxygen atoms in total. The van der Waals surface area contributed by atoms with Gasteiger partial charge in [-0.2, -0.15) is 0 Å². The van der Waals surface area contributed by atoms with Gasteiger partial charge in [-0.05, 0) is 18.2 Å². The Kier molecular flexibility index (Phi) is 4.33. The number of benzene rings is 1. The molecule has 0 fully saturated rings. The van der Waals surface area contributed by atoms with Gasteiger partial charge in [0.25, 0.3) is 0 Å². The van der Waals surface area contributed by atoms with E-state index in [0.717, 1.165) is 10.0 Å². The molecule has 0 spiro atoms. The van der Waals surface area contributed by atoms with E-state index in [2.05, 4.69) is 20.9 Å². The summed E-state index contributed by atoms with van der Waals surface area (Å²) in [5.74, 6) is -0.421. The van der Waals surface area contributed by atoms with E-state index >= 15 is 0 Å². The van der Waals surface area contributed by atoms with Gasteiger partial charge in [0.05, 0.1) is 5.56 Å². The minimum Gasteiger partial charge on any atom is -0.457 e. The van der Waals surface area contributed by atoms with Crippen LogP contribution < -0.4 is 0 Å². The molecule has 0 saturated carbocycles. The molecule has 0 N–H and O–H groups in total. The highest BCUT2D eigenvalue weighted by Crippen LogP contribution is 2.17. The van der Waals surface area contributed by atoms with Gasteiger partial charge in [0, 0.05) is 16.2 Å². The lowest BCUT2D eigenvalue weighted by Crippen LogP contribution is -2.05. The molecule has 2 aromatic rings. The number of ether oxygens (including phenoxy) is 1. The Bertz CT molecular complexity index is 574. The van der Waals surface area contributed by atoms with E-state index in [9.17, 15) is 4.79 Å². The summed E-state index contributed by atoms with van der Waals surface area (Å²) in [6.45, 7) is 0.209. The van der Waals surface area contributed by atoms with Crippen molar-refractivity contribution in [1.29, 1.82) is 0 Å². The van der Waals surface area contributed by atoms with Crippen LogP contribution >= 0.6 is 27.5 Å². The standard InChI is InChI=1S/C13H9BrClNO2/c14-11-4-2-1-3-10(11)8-18-13(17)9-5-6-16-12(15)7-9/h1-7H,8H2. The summed E-state index contributed by atoms with van der Waals surface area (Å²) >= 11 is 9.10. The van der Waals surface area contributed by atoms with Crippen LogP contribution in [0.3, 0.4) is 0 Å². The molecule has 0 radical (unpaired) electrons. The molecule has 0 aliphatic carbocycles. The van der Waals surface area contributed by atoms with Crippen molar-refractivity contribution in [2.24, 2.45) is 0 Å². The van der Waals surface area contributed by atoms with Gasteiger partial charge in [-0.1, -0.05) is 45.7 Å². The third-order valence-electron chi connectivity index (χ3n) is 2.28. The normalized spacial score (nSPS) is 10.1. The Morgan fingerprint density at radius 3 is 2.83 bits per heavy atom. The largest absolute Gasteiger partial charge is 0.457 e. The average molecular weight is 327 g/mol. The number of aromatic nitrogens is 1. The zero-order valence-electron chi connectivity index (χ0n) is 9.27. The van der Waals surface area contributed by atoms with Crippen LogP contribution in [0.4, 0.5) is 0 Å². The molecule has 1 aromatic carbocycles. The number of halogens is 2. The van der Waals surface area contributed by atoms with Crippen molar-refractivity contribution >= 4 is 33.5 Å². The quantitative estimate of drug-likeness (QED) is 0.635. The fourth-order valence-corrected chi connectivity index (χ4v) is 1.94. The summed E-state index contributed by atoms with van der Waals surface area (Å²) in [5.41, 5.74) is 1.30. The van der Waals surface area contributed by atoms with Crippen LogP contribution in [0.25, 0.3) is 0 Å². The highest BCUT2D eigenvalue weighted by molar-refractivity contribution is 9.10. The van der Waals surface area contributed by atoms with E-state index in [1.54, 1.807) is 6.07 Å². The van der Waals surface area contributed by atoms with Gasteiger partial charge in [-0.15, -0.1) is 0 Å². The van der Waals surface area contributed by atoms with Crippen molar-refractivity contribution in [1.82, 2.24) is 4.98 Å². The smallest absolute Gasteiger partial charge is 0.338 e. The fourth-order valence-electron chi connectivity index (χ4n) is 1.37. The van der Waals surface area contributed by atoms with E-state index in [1.807, 2.05) is 24.3 Å². The molecular formula is C13H9BrClNO2. The van der Waals surface area contributed by atoms with Crippen LogP contribution in [-0.2, 0) is 11.3 Å². The van der Waals surface area contributed by atoms with Crippen LogP contribution in [0.1, 0.15) is 15.9 Å². The first-order chi connectivity index (χ1) is 8.66. The number of esters is 1. The molecule has 0 aliphatic rings. The molecule has 0 saturated heterocycles. The third-order valence-corrected chi connectivity index (χ3v) is 3.26. The van der Waals surface area contributed by atoms with Gasteiger partial charge in [0.15, 0.2) is 0 Å². The lowest BCUT2D eigenvalue weighted by atomic mass is 10.2. The number of hydrogen-bond acceptors (Lipinski definition) is 3. The van der Waals surface area contributed by atoms with Crippen molar-refractivity contribution in [3.8, 4) is 0 Å². The lowest BCUT2D eigenvalue weighted by Gasteiger charge is -2.06. The molecule has 0 atom stereocenters. The van der Waals surface area contributed by atoms with Crippen molar-refractivity contribution in [2.75, 3.05) is 0 Å². The van der Waals surface area contributed by atoms with Crippen LogP contribution in [-0.4, -0.2) is 11.0 Å². The maximum Gasteiger partial charge on any atom is 0.338 e. The number of pyridine rings is 1. The first-order valence-corrected chi connectivity index (χ1v) is 6.36. The van der Waals surface area contributed by atoms with Crippen LogP contribution in [0.15, 0.2) is 47.1 Å². The van der Waals surface area contributed by atoms with Gasteiger partial charge < -0.3 is 4.74 Å². The monoisotopic (exact) mass is 325 g/mol. The molecule has 0 bridgehead atoms. The zero-order chi connectivity index (χ0) is 13.0. The van der Waals surface area contributed by atoms with Crippen LogP contribution in [0.5, 0.6) is 0 Å². The number of nitrogens with zero attached hydrogens (tertiary/aromatic N) is 1. The highest BCUT2D eigenvalue weighted by Gasteiger charge is 2.09. The van der Waals surface area contributed by atoms with Crippen molar-refractivity contribution in [3.63, 3.8) is 0 Å². The summed E-state index contributed by atoms with van der Waals surface area (Å²) in [7, 11) is 0. The zero-order valence-corrected chi connectivity index (χ0v) is 11.6. The Labute approximate surface area is 118 Å². The topological polar surface area (TPSA) is 39.2 Å². The van der Waals surface area contributed by atoms with Crippen molar-refractivity contribution < 1.29 is 9.53 Å². The lowest BCUT2D eigenvalue weighted by molar-refractivity contribution is 0.0472. The minimum atomic E-state index is -0.421. The highest BCUT2D eigenvalue weighted by atomic mass is 79.9. The number of hydrogen-bond donors (Lipinski definition) is 0. The summed E-state index contributed by atoms with van der Waals surface area (Å²) < 4.78 is 6.10. The molecule has 0 amide bonds. The van der Waals surface area contributed by atoms with Gasteiger partial charge >= 0.3 is 5.97 Å². The van der Waals surface area contributed by atoms with E-state index in [0.29, 0.717) is 5.56 Å². The van der Waals surface area contributed by atoms with Gasteiger partial charge in [-0.3, -0.25) is 0 Å². The number of carbonyl (C=O) groups is 1. The Balaban J connectivity index is 2.03. The number of rotatable bonds is 3. The Hall–Kier alpha value is -1.39. The van der Waals surface area contributed by atoms with Crippen molar-refractivity contribution in [3.05, 3.63) is 63.3 Å². The Morgan fingerprint density at radius 1 is 1.33 bits per heavy atom. The second-order valence-electron chi connectivity index (χ2n) is 3.53. The second kappa shape index (κ2) is 5.98. The fraction of sp³-hybridized carbons (Fsp3) is 0.0769. The molecule has 18 heavy (non-hydrogen) atoms. The average Bonchev–Trinajstić information content (AvgIpc) is 2.37. The van der Waals surface area contributed by atoms with Gasteiger partial charge in [-0.25, -0.2) is 9.78 Å². The van der Waals surface area contributed by atoms with Crippen molar-refractivity contribution in [2.45, 2.75) is 6.61 Å². The first kappa shape index (κ1) is 13.1. The SMILES string of the molecule is O=C(OCc1ccccc1Br)c1ccnc(Cl)c1. The summed E-state index contributed by atoms with van der Waals surface area (Å²) in [6, 6.07) is 10.6. The van der Waals surface area contributed by atoms with Crippen LogP contribution in [0, 0.1) is 0 Å².